The molecule has 2 aromatic rings. The van der Waals surface area contributed by atoms with Gasteiger partial charge in [-0.1, -0.05) is 60.7 Å². The van der Waals surface area contributed by atoms with Crippen molar-refractivity contribution in [3.05, 3.63) is 71.8 Å². The monoisotopic (exact) mass is 336 g/mol. The third-order valence-corrected chi connectivity index (χ3v) is 5.10. The Kier molecular flexibility index (Phi) is 3.92. The number of rotatable bonds is 4. The van der Waals surface area contributed by atoms with Crippen LogP contribution in [0.25, 0.3) is 0 Å². The van der Waals surface area contributed by atoms with Gasteiger partial charge in [-0.15, -0.1) is 0 Å². The molecule has 2 N–H and O–H groups in total. The molecule has 1 aliphatic carbocycles. The first kappa shape index (κ1) is 15.7. The Hall–Kier alpha value is -2.82. The zero-order valence-electron chi connectivity index (χ0n) is 13.8. The van der Waals surface area contributed by atoms with Gasteiger partial charge in [0.25, 0.3) is 0 Å². The number of benzene rings is 2. The summed E-state index contributed by atoms with van der Waals surface area (Å²) < 4.78 is 5.34. The number of ether oxygens (including phenoxy) is 1. The van der Waals surface area contributed by atoms with Crippen LogP contribution in [0.2, 0.25) is 0 Å². The molecule has 128 valence electrons. The summed E-state index contributed by atoms with van der Waals surface area (Å²) in [5.41, 5.74) is 1.44. The fraction of sp³-hybridized carbons (Fsp3) is 0.300. The normalized spacial score (nSPS) is 23.1. The second kappa shape index (κ2) is 6.24. The van der Waals surface area contributed by atoms with Crippen LogP contribution < -0.4 is 10.6 Å². The highest BCUT2D eigenvalue weighted by atomic mass is 16.5. The first-order valence-electron chi connectivity index (χ1n) is 8.52. The fourth-order valence-corrected chi connectivity index (χ4v) is 3.55. The molecule has 2 aliphatic rings. The van der Waals surface area contributed by atoms with Crippen LogP contribution in [0.1, 0.15) is 30.0 Å². The van der Waals surface area contributed by atoms with Gasteiger partial charge in [-0.2, -0.15) is 0 Å². The van der Waals surface area contributed by atoms with Crippen molar-refractivity contribution in [1.29, 1.82) is 0 Å². The maximum atomic E-state index is 12.4. The van der Waals surface area contributed by atoms with E-state index in [1.54, 1.807) is 0 Å². The van der Waals surface area contributed by atoms with Crippen molar-refractivity contribution >= 4 is 12.0 Å². The van der Waals surface area contributed by atoms with E-state index in [0.29, 0.717) is 0 Å². The molecule has 25 heavy (non-hydrogen) atoms. The largest absolute Gasteiger partial charge is 0.445 e. The number of hydrogen-bond donors (Lipinski definition) is 2. The minimum atomic E-state index is -0.488. The summed E-state index contributed by atoms with van der Waals surface area (Å²) in [4.78, 5) is 24.7. The van der Waals surface area contributed by atoms with Crippen molar-refractivity contribution in [2.45, 2.75) is 31.5 Å². The predicted octanol–water partition coefficient (Wildman–Crippen LogP) is 2.93. The third-order valence-electron chi connectivity index (χ3n) is 5.10. The van der Waals surface area contributed by atoms with Crippen LogP contribution in [0.3, 0.4) is 0 Å². The first-order valence-corrected chi connectivity index (χ1v) is 8.52. The van der Waals surface area contributed by atoms with Crippen molar-refractivity contribution < 1.29 is 14.3 Å². The second-order valence-corrected chi connectivity index (χ2v) is 6.70. The summed E-state index contributed by atoms with van der Waals surface area (Å²) in [7, 11) is 0. The predicted molar refractivity (Wildman–Crippen MR) is 92.5 cm³/mol. The average molecular weight is 336 g/mol. The van der Waals surface area contributed by atoms with E-state index in [1.165, 1.54) is 0 Å². The van der Waals surface area contributed by atoms with Crippen molar-refractivity contribution in [3.63, 3.8) is 0 Å². The molecule has 2 atom stereocenters. The molecule has 1 heterocycles. The van der Waals surface area contributed by atoms with Crippen LogP contribution in [0.4, 0.5) is 4.79 Å². The van der Waals surface area contributed by atoms with E-state index in [1.807, 2.05) is 60.7 Å². The Bertz CT molecular complexity index is 772. The minimum Gasteiger partial charge on any atom is -0.445 e. The van der Waals surface area contributed by atoms with Crippen LogP contribution in [0, 0.1) is 5.41 Å². The molecule has 2 aromatic carbocycles. The topological polar surface area (TPSA) is 67.4 Å². The van der Waals surface area contributed by atoms with Crippen molar-refractivity contribution in [2.24, 2.45) is 5.41 Å². The SMILES string of the molecule is O=C(N[C@H]1[C@H](c2ccccc2)NC(=O)C12CC2)OCc1ccccc1. The molecule has 2 fully saturated rings. The number of carbonyl (C=O) groups is 2. The highest BCUT2D eigenvalue weighted by Gasteiger charge is 2.63. The Morgan fingerprint density at radius 1 is 1.08 bits per heavy atom. The van der Waals surface area contributed by atoms with Gasteiger partial charge in [0, 0.05) is 0 Å². The van der Waals surface area contributed by atoms with Crippen molar-refractivity contribution in [1.82, 2.24) is 10.6 Å². The zero-order valence-corrected chi connectivity index (χ0v) is 13.8. The van der Waals surface area contributed by atoms with Crippen LogP contribution >= 0.6 is 0 Å². The van der Waals surface area contributed by atoms with Gasteiger partial charge < -0.3 is 15.4 Å². The molecule has 2 amide bonds. The lowest BCUT2D eigenvalue weighted by Crippen LogP contribution is -2.43. The summed E-state index contributed by atoms with van der Waals surface area (Å²) in [6.45, 7) is 0.212. The second-order valence-electron chi connectivity index (χ2n) is 6.70. The summed E-state index contributed by atoms with van der Waals surface area (Å²) >= 11 is 0. The van der Waals surface area contributed by atoms with Gasteiger partial charge >= 0.3 is 6.09 Å². The van der Waals surface area contributed by atoms with E-state index in [9.17, 15) is 9.59 Å². The Labute approximate surface area is 146 Å². The lowest BCUT2D eigenvalue weighted by Gasteiger charge is -2.23. The number of alkyl carbamates (subject to hydrolysis) is 1. The number of amides is 2. The van der Waals surface area contributed by atoms with Gasteiger partial charge in [0.15, 0.2) is 0 Å². The number of carbonyl (C=O) groups excluding carboxylic acids is 2. The number of hydrogen-bond acceptors (Lipinski definition) is 3. The molecule has 0 aromatic heterocycles. The van der Waals surface area contributed by atoms with Gasteiger partial charge in [-0.25, -0.2) is 4.79 Å². The molecule has 1 spiro atoms. The zero-order chi connectivity index (χ0) is 17.3. The van der Waals surface area contributed by atoms with Gasteiger partial charge in [-0.05, 0) is 24.0 Å². The summed E-state index contributed by atoms with van der Waals surface area (Å²) in [5.74, 6) is 0.0229. The standard InChI is InChI=1S/C20H20N2O3/c23-18-20(11-12-20)17(16(21-18)15-9-5-2-6-10-15)22-19(24)25-13-14-7-3-1-4-8-14/h1-10,16-17H,11-13H2,(H,21,23)(H,22,24)/t16-,17-/m0/s1. The highest BCUT2D eigenvalue weighted by Crippen LogP contribution is 2.55. The van der Waals surface area contributed by atoms with Gasteiger partial charge in [0.1, 0.15) is 6.61 Å². The maximum Gasteiger partial charge on any atom is 0.407 e. The van der Waals surface area contributed by atoms with Crippen LogP contribution in [0.5, 0.6) is 0 Å². The van der Waals surface area contributed by atoms with Crippen molar-refractivity contribution in [2.75, 3.05) is 0 Å². The smallest absolute Gasteiger partial charge is 0.407 e. The van der Waals surface area contributed by atoms with E-state index in [2.05, 4.69) is 10.6 Å². The van der Waals surface area contributed by atoms with Crippen molar-refractivity contribution in [3.8, 4) is 0 Å². The lowest BCUT2D eigenvalue weighted by atomic mass is 9.91. The minimum absolute atomic E-state index is 0.0229. The molecular formula is C20H20N2O3. The van der Waals surface area contributed by atoms with Crippen LogP contribution in [-0.2, 0) is 16.1 Å². The number of nitrogens with one attached hydrogen (secondary N) is 2. The molecular weight excluding hydrogens is 316 g/mol. The van der Waals surface area contributed by atoms with E-state index < -0.39 is 11.5 Å². The third kappa shape index (κ3) is 2.97. The molecule has 5 nitrogen and oxygen atoms in total. The average Bonchev–Trinajstić information content (AvgIpc) is 3.41. The lowest BCUT2D eigenvalue weighted by molar-refractivity contribution is -0.123. The first-order chi connectivity index (χ1) is 12.2. The molecule has 1 saturated carbocycles. The van der Waals surface area contributed by atoms with Gasteiger partial charge in [0.05, 0.1) is 17.5 Å². The molecule has 1 saturated heterocycles. The molecule has 5 heteroatoms. The Morgan fingerprint density at radius 2 is 1.72 bits per heavy atom. The van der Waals surface area contributed by atoms with E-state index >= 15 is 0 Å². The summed E-state index contributed by atoms with van der Waals surface area (Å²) in [6.07, 6.45) is 1.11. The quantitative estimate of drug-likeness (QED) is 0.902. The fourth-order valence-electron chi connectivity index (χ4n) is 3.55. The van der Waals surface area contributed by atoms with E-state index in [-0.39, 0.29) is 24.6 Å². The molecule has 0 bridgehead atoms. The van der Waals surface area contributed by atoms with E-state index in [4.69, 9.17) is 4.74 Å². The van der Waals surface area contributed by atoms with Crippen LogP contribution in [0.15, 0.2) is 60.7 Å². The Balaban J connectivity index is 1.47. The van der Waals surface area contributed by atoms with E-state index in [0.717, 1.165) is 24.0 Å². The molecule has 4 rings (SSSR count). The summed E-state index contributed by atoms with van der Waals surface area (Å²) in [6, 6.07) is 18.8. The summed E-state index contributed by atoms with van der Waals surface area (Å²) in [5, 5.41) is 5.98. The maximum absolute atomic E-state index is 12.4. The van der Waals surface area contributed by atoms with Gasteiger partial charge in [0.2, 0.25) is 5.91 Å². The Morgan fingerprint density at radius 3 is 2.36 bits per heavy atom. The molecule has 0 unspecified atom stereocenters. The molecule has 1 aliphatic heterocycles. The van der Waals surface area contributed by atoms with Crippen LogP contribution in [-0.4, -0.2) is 18.0 Å². The molecule has 0 radical (unpaired) electrons. The highest BCUT2D eigenvalue weighted by molar-refractivity contribution is 5.90. The van der Waals surface area contributed by atoms with Gasteiger partial charge in [-0.3, -0.25) is 4.79 Å².